The number of hydrogen-bond acceptors (Lipinski definition) is 9. The van der Waals surface area contributed by atoms with E-state index in [4.69, 9.17) is 16.9 Å². The topological polar surface area (TPSA) is 176 Å². The van der Waals surface area contributed by atoms with Gasteiger partial charge in [0.1, 0.15) is 11.7 Å². The molecule has 1 aromatic carbocycles. The van der Waals surface area contributed by atoms with Crippen LogP contribution in [-0.2, 0) is 0 Å². The molecule has 3 aromatic heterocycles. The normalized spacial score (nSPS) is 12.6. The summed E-state index contributed by atoms with van der Waals surface area (Å²) in [5, 5.41) is 24.6. The highest BCUT2D eigenvalue weighted by molar-refractivity contribution is 6.01. The summed E-state index contributed by atoms with van der Waals surface area (Å²) in [6, 6.07) is 12.2. The van der Waals surface area contributed by atoms with Gasteiger partial charge in [-0.05, 0) is 44.2 Å². The molecule has 1 unspecified atom stereocenters. The number of carbonyl (C=O) groups excluding carboxylic acids is 1. The zero-order valence-corrected chi connectivity index (χ0v) is 21.9. The molecule has 0 aliphatic rings. The minimum atomic E-state index is -2.12. The van der Waals surface area contributed by atoms with Crippen LogP contribution < -0.4 is 22.3 Å². The van der Waals surface area contributed by atoms with Crippen LogP contribution in [0, 0.1) is 11.3 Å². The summed E-state index contributed by atoms with van der Waals surface area (Å²) in [7, 11) is 1.60. The summed E-state index contributed by atoms with van der Waals surface area (Å²) in [5.74, 6) is 11.2. The predicted molar refractivity (Wildman–Crippen MR) is 146 cm³/mol. The lowest BCUT2D eigenvalue weighted by Gasteiger charge is -2.20. The maximum absolute atomic E-state index is 14.2. The molecule has 0 spiro atoms. The van der Waals surface area contributed by atoms with E-state index in [-0.39, 0.29) is 5.56 Å². The largest absolute Gasteiger partial charge is 0.355 e. The Morgan fingerprint density at radius 2 is 1.95 bits per heavy atom. The van der Waals surface area contributed by atoms with Crippen molar-refractivity contribution < 1.29 is 13.6 Å². The molecule has 206 valence electrons. The molecular weight excluding hydrogens is 520 g/mol. The molecule has 40 heavy (non-hydrogen) atoms. The standard InChI is InChI=1S/C26H27F2N11O/c1-26(2,28)21(27)14-34-25(40)19-13-32-22(39-23-17(12-35-39)8-15(10-29)11-33-23)9-20(19)36-18-6-4-16(5-7-18)24(37-30)38(3)31/h4-9,11-13,21H,14,30-31H2,1-3H3,(H,32,36)(H,34,40)/b37-24-. The summed E-state index contributed by atoms with van der Waals surface area (Å²) in [4.78, 5) is 21.7. The van der Waals surface area contributed by atoms with Gasteiger partial charge in [-0.1, -0.05) is 0 Å². The Labute approximate surface area is 228 Å². The number of amidine groups is 1. The molecule has 0 saturated heterocycles. The first-order chi connectivity index (χ1) is 19.0. The zero-order valence-electron chi connectivity index (χ0n) is 21.9. The lowest BCUT2D eigenvalue weighted by molar-refractivity contribution is 0.0759. The highest BCUT2D eigenvalue weighted by atomic mass is 19.2. The van der Waals surface area contributed by atoms with E-state index in [1.54, 1.807) is 49.6 Å². The molecule has 4 aromatic rings. The zero-order chi connectivity index (χ0) is 29.0. The number of nitriles is 1. The third-order valence-electron chi connectivity index (χ3n) is 5.95. The van der Waals surface area contributed by atoms with Crippen molar-refractivity contribution in [3.63, 3.8) is 0 Å². The van der Waals surface area contributed by atoms with E-state index in [9.17, 15) is 13.6 Å². The fraction of sp³-hybridized carbons (Fsp3) is 0.231. The van der Waals surface area contributed by atoms with Crippen LogP contribution in [0.15, 0.2) is 60.1 Å². The molecule has 3 heterocycles. The molecule has 0 radical (unpaired) electrons. The molecule has 1 amide bonds. The van der Waals surface area contributed by atoms with Crippen molar-refractivity contribution in [2.75, 3.05) is 18.9 Å². The van der Waals surface area contributed by atoms with Crippen LogP contribution in [0.3, 0.4) is 0 Å². The molecule has 0 aliphatic heterocycles. The number of hydrogen-bond donors (Lipinski definition) is 4. The van der Waals surface area contributed by atoms with Crippen LogP contribution in [-0.4, -0.2) is 61.9 Å². The van der Waals surface area contributed by atoms with Gasteiger partial charge < -0.3 is 16.5 Å². The number of pyridine rings is 2. The third-order valence-corrected chi connectivity index (χ3v) is 5.95. The number of hydrazine groups is 1. The van der Waals surface area contributed by atoms with E-state index < -0.39 is 24.3 Å². The number of hydrazone groups is 1. The predicted octanol–water partition coefficient (Wildman–Crippen LogP) is 2.67. The summed E-state index contributed by atoms with van der Waals surface area (Å²) in [5.41, 5.74) is 0.334. The first-order valence-corrected chi connectivity index (χ1v) is 12.0. The monoisotopic (exact) mass is 547 g/mol. The Morgan fingerprint density at radius 3 is 2.58 bits per heavy atom. The molecule has 4 rings (SSSR count). The minimum absolute atomic E-state index is 0.0822. The van der Waals surface area contributed by atoms with Crippen LogP contribution in [0.4, 0.5) is 20.2 Å². The van der Waals surface area contributed by atoms with Crippen molar-refractivity contribution in [3.05, 3.63) is 71.7 Å². The van der Waals surface area contributed by atoms with Gasteiger partial charge in [-0.3, -0.25) is 9.80 Å². The molecule has 0 fully saturated rings. The number of rotatable bonds is 8. The van der Waals surface area contributed by atoms with Crippen molar-refractivity contribution in [1.82, 2.24) is 30.1 Å². The first-order valence-electron chi connectivity index (χ1n) is 12.0. The number of nitrogens with one attached hydrogen (secondary N) is 2. The molecule has 0 bridgehead atoms. The van der Waals surface area contributed by atoms with Gasteiger partial charge in [0.05, 0.1) is 29.6 Å². The molecule has 0 aliphatic carbocycles. The van der Waals surface area contributed by atoms with Crippen molar-refractivity contribution in [2.45, 2.75) is 25.7 Å². The number of fused-ring (bicyclic) bond motifs is 1. The molecular formula is C26H27F2N11O. The van der Waals surface area contributed by atoms with Crippen LogP contribution in [0.5, 0.6) is 0 Å². The number of alkyl halides is 2. The van der Waals surface area contributed by atoms with Crippen molar-refractivity contribution in [2.24, 2.45) is 16.8 Å². The average molecular weight is 548 g/mol. The Kier molecular flexibility index (Phi) is 7.87. The molecule has 6 N–H and O–H groups in total. The maximum atomic E-state index is 14.2. The number of anilines is 2. The molecule has 0 saturated carbocycles. The number of nitrogens with zero attached hydrogens (tertiary/aromatic N) is 7. The smallest absolute Gasteiger partial charge is 0.255 e. The number of carbonyl (C=O) groups is 1. The number of aromatic nitrogens is 4. The Morgan fingerprint density at radius 1 is 1.23 bits per heavy atom. The van der Waals surface area contributed by atoms with Crippen LogP contribution >= 0.6 is 0 Å². The summed E-state index contributed by atoms with van der Waals surface area (Å²) in [6.45, 7) is 1.67. The number of benzene rings is 1. The maximum Gasteiger partial charge on any atom is 0.255 e. The Hall–Kier alpha value is -5.16. The quantitative estimate of drug-likeness (QED) is 0.112. The molecule has 14 heteroatoms. The van der Waals surface area contributed by atoms with E-state index in [1.165, 1.54) is 22.1 Å². The second kappa shape index (κ2) is 11.3. The van der Waals surface area contributed by atoms with E-state index in [0.29, 0.717) is 45.2 Å². The van der Waals surface area contributed by atoms with E-state index >= 15 is 0 Å². The van der Waals surface area contributed by atoms with Gasteiger partial charge in [-0.25, -0.2) is 24.6 Å². The lowest BCUT2D eigenvalue weighted by Crippen LogP contribution is -2.39. The van der Waals surface area contributed by atoms with E-state index in [0.717, 1.165) is 13.8 Å². The Bertz CT molecular complexity index is 1600. The van der Waals surface area contributed by atoms with E-state index in [1.807, 2.05) is 6.07 Å². The highest BCUT2D eigenvalue weighted by Gasteiger charge is 2.29. The Balaban J connectivity index is 1.71. The number of nitrogens with two attached hydrogens (primary N) is 2. The summed E-state index contributed by atoms with van der Waals surface area (Å²) >= 11 is 0. The lowest BCUT2D eigenvalue weighted by atomic mass is 10.1. The SMILES string of the molecule is CN(N)/C(=N\N)c1ccc(Nc2cc(-n3ncc4cc(C#N)cnc43)ncc2C(=O)NCC(F)C(C)(C)F)cc1. The van der Waals surface area contributed by atoms with Crippen LogP contribution in [0.2, 0.25) is 0 Å². The van der Waals surface area contributed by atoms with Gasteiger partial charge >= 0.3 is 0 Å². The van der Waals surface area contributed by atoms with Gasteiger partial charge in [-0.2, -0.15) is 20.1 Å². The van der Waals surface area contributed by atoms with Crippen LogP contribution in [0.25, 0.3) is 16.9 Å². The second-order valence-corrected chi connectivity index (χ2v) is 9.40. The van der Waals surface area contributed by atoms with Gasteiger partial charge in [-0.15, -0.1) is 0 Å². The van der Waals surface area contributed by atoms with Crippen molar-refractivity contribution >= 4 is 34.2 Å². The summed E-state index contributed by atoms with van der Waals surface area (Å²) in [6.07, 6.45) is 2.35. The van der Waals surface area contributed by atoms with Gasteiger partial charge in [0, 0.05) is 42.1 Å². The average Bonchev–Trinajstić information content (AvgIpc) is 3.35. The highest BCUT2D eigenvalue weighted by Crippen LogP contribution is 2.25. The number of amides is 1. The number of halogens is 2. The molecule has 12 nitrogen and oxygen atoms in total. The minimum Gasteiger partial charge on any atom is -0.355 e. The van der Waals surface area contributed by atoms with Crippen molar-refractivity contribution in [3.8, 4) is 11.9 Å². The fourth-order valence-corrected chi connectivity index (χ4v) is 3.74. The summed E-state index contributed by atoms with van der Waals surface area (Å²) < 4.78 is 29.6. The van der Waals surface area contributed by atoms with Gasteiger partial charge in [0.15, 0.2) is 23.5 Å². The fourth-order valence-electron chi connectivity index (χ4n) is 3.74. The second-order valence-electron chi connectivity index (χ2n) is 9.40. The van der Waals surface area contributed by atoms with Gasteiger partial charge in [0.2, 0.25) is 0 Å². The van der Waals surface area contributed by atoms with Gasteiger partial charge in [0.25, 0.3) is 5.91 Å². The first kappa shape index (κ1) is 27.9. The van der Waals surface area contributed by atoms with Crippen LogP contribution in [0.1, 0.15) is 35.3 Å². The third kappa shape index (κ3) is 5.94. The van der Waals surface area contributed by atoms with Crippen molar-refractivity contribution in [1.29, 1.82) is 5.26 Å². The van der Waals surface area contributed by atoms with E-state index in [2.05, 4.69) is 30.8 Å². The molecule has 1 atom stereocenters.